The summed E-state index contributed by atoms with van der Waals surface area (Å²) in [6, 6.07) is 5.21. The summed E-state index contributed by atoms with van der Waals surface area (Å²) in [5, 5.41) is 14.5. The SMILES string of the molecule is CCNCc1cc(Cl)cc(OC)c1OCC(=O)NCC#N. The fraction of sp³-hybridized carbons (Fsp3) is 0.429. The van der Waals surface area contributed by atoms with Crippen molar-refractivity contribution in [3.05, 3.63) is 22.7 Å². The maximum absolute atomic E-state index is 11.5. The van der Waals surface area contributed by atoms with Gasteiger partial charge in [-0.05, 0) is 12.6 Å². The molecule has 0 aliphatic rings. The molecule has 0 fully saturated rings. The molecule has 1 aromatic rings. The molecule has 0 saturated carbocycles. The van der Waals surface area contributed by atoms with Crippen LogP contribution in [-0.4, -0.2) is 32.7 Å². The Morgan fingerprint density at radius 1 is 1.48 bits per heavy atom. The van der Waals surface area contributed by atoms with E-state index < -0.39 is 0 Å². The Hall–Kier alpha value is -1.97. The summed E-state index contributed by atoms with van der Waals surface area (Å²) in [7, 11) is 1.51. The average Bonchev–Trinajstić information content (AvgIpc) is 2.48. The van der Waals surface area contributed by atoms with Crippen LogP contribution in [0.5, 0.6) is 11.5 Å². The normalized spacial score (nSPS) is 9.81. The van der Waals surface area contributed by atoms with Crippen molar-refractivity contribution in [2.24, 2.45) is 0 Å². The second-order valence-electron chi connectivity index (χ2n) is 4.10. The quantitative estimate of drug-likeness (QED) is 0.710. The molecule has 0 radical (unpaired) electrons. The Morgan fingerprint density at radius 3 is 2.86 bits per heavy atom. The summed E-state index contributed by atoms with van der Waals surface area (Å²) < 4.78 is 10.8. The van der Waals surface area contributed by atoms with Gasteiger partial charge in [-0.2, -0.15) is 5.26 Å². The van der Waals surface area contributed by atoms with Crippen LogP contribution in [0.2, 0.25) is 5.02 Å². The molecule has 1 aromatic carbocycles. The number of nitrogens with one attached hydrogen (secondary N) is 2. The summed E-state index contributed by atoms with van der Waals surface area (Å²) in [6.45, 7) is 3.07. The zero-order valence-electron chi connectivity index (χ0n) is 12.0. The predicted molar refractivity (Wildman–Crippen MR) is 79.5 cm³/mol. The molecule has 0 bridgehead atoms. The van der Waals surface area contributed by atoms with Crippen molar-refractivity contribution in [2.75, 3.05) is 26.8 Å². The minimum absolute atomic E-state index is 0.0514. The van der Waals surface area contributed by atoms with Crippen molar-refractivity contribution < 1.29 is 14.3 Å². The topological polar surface area (TPSA) is 83.4 Å². The van der Waals surface area contributed by atoms with Crippen LogP contribution in [0.4, 0.5) is 0 Å². The Balaban J connectivity index is 2.86. The lowest BCUT2D eigenvalue weighted by molar-refractivity contribution is -0.122. The van der Waals surface area contributed by atoms with Crippen molar-refractivity contribution in [3.8, 4) is 17.6 Å². The molecule has 7 heteroatoms. The van der Waals surface area contributed by atoms with Crippen LogP contribution in [0.1, 0.15) is 12.5 Å². The molecule has 0 aromatic heterocycles. The van der Waals surface area contributed by atoms with Crippen LogP contribution in [0.15, 0.2) is 12.1 Å². The van der Waals surface area contributed by atoms with E-state index in [-0.39, 0.29) is 19.1 Å². The van der Waals surface area contributed by atoms with Crippen molar-refractivity contribution in [2.45, 2.75) is 13.5 Å². The van der Waals surface area contributed by atoms with Gasteiger partial charge in [0.2, 0.25) is 0 Å². The number of nitrogens with zero attached hydrogens (tertiary/aromatic N) is 1. The van der Waals surface area contributed by atoms with Gasteiger partial charge in [-0.1, -0.05) is 18.5 Å². The Kier molecular flexibility index (Phi) is 7.37. The van der Waals surface area contributed by atoms with Gasteiger partial charge in [0.1, 0.15) is 6.54 Å². The second-order valence-corrected chi connectivity index (χ2v) is 4.54. The highest BCUT2D eigenvalue weighted by atomic mass is 35.5. The molecule has 2 N–H and O–H groups in total. The van der Waals surface area contributed by atoms with E-state index in [9.17, 15) is 4.79 Å². The van der Waals surface area contributed by atoms with E-state index >= 15 is 0 Å². The number of carbonyl (C=O) groups is 1. The van der Waals surface area contributed by atoms with E-state index in [4.69, 9.17) is 26.3 Å². The molecular weight excluding hydrogens is 294 g/mol. The van der Waals surface area contributed by atoms with E-state index in [1.54, 1.807) is 12.1 Å². The largest absolute Gasteiger partial charge is 0.493 e. The van der Waals surface area contributed by atoms with Crippen LogP contribution >= 0.6 is 11.6 Å². The molecule has 1 rings (SSSR count). The highest BCUT2D eigenvalue weighted by Gasteiger charge is 2.14. The number of hydrogen-bond donors (Lipinski definition) is 2. The molecule has 1 amide bonds. The predicted octanol–water partition coefficient (Wildman–Crippen LogP) is 1.48. The van der Waals surface area contributed by atoms with Gasteiger partial charge < -0.3 is 20.1 Å². The molecule has 0 saturated heterocycles. The summed E-state index contributed by atoms with van der Waals surface area (Å²) in [5.74, 6) is 0.557. The average molecular weight is 312 g/mol. The molecule has 6 nitrogen and oxygen atoms in total. The number of ether oxygens (including phenoxy) is 2. The molecule has 0 atom stereocenters. The van der Waals surface area contributed by atoms with Crippen LogP contribution in [-0.2, 0) is 11.3 Å². The van der Waals surface area contributed by atoms with Crippen molar-refractivity contribution in [1.82, 2.24) is 10.6 Å². The monoisotopic (exact) mass is 311 g/mol. The standard InChI is InChI=1S/C14H18ClN3O3/c1-3-17-8-10-6-11(15)7-12(20-2)14(10)21-9-13(19)18-5-4-16/h6-7,17H,3,5,8-9H2,1-2H3,(H,18,19). The Labute approximate surface area is 129 Å². The molecule has 0 unspecified atom stereocenters. The summed E-state index contributed by atoms with van der Waals surface area (Å²) in [4.78, 5) is 11.5. The van der Waals surface area contributed by atoms with Gasteiger partial charge in [0.05, 0.1) is 13.2 Å². The summed E-state index contributed by atoms with van der Waals surface area (Å²) in [5.41, 5.74) is 0.800. The number of carbonyl (C=O) groups excluding carboxylic acids is 1. The van der Waals surface area contributed by atoms with Crippen molar-refractivity contribution >= 4 is 17.5 Å². The first-order valence-corrected chi connectivity index (χ1v) is 6.83. The molecule has 114 valence electrons. The van der Waals surface area contributed by atoms with Crippen molar-refractivity contribution in [1.29, 1.82) is 5.26 Å². The van der Waals surface area contributed by atoms with Gasteiger partial charge in [0, 0.05) is 23.2 Å². The summed E-state index contributed by atoms with van der Waals surface area (Å²) in [6.07, 6.45) is 0. The lowest BCUT2D eigenvalue weighted by Gasteiger charge is -2.15. The van der Waals surface area contributed by atoms with Gasteiger partial charge in [-0.15, -0.1) is 0 Å². The summed E-state index contributed by atoms with van der Waals surface area (Å²) >= 11 is 6.03. The fourth-order valence-corrected chi connectivity index (χ4v) is 1.89. The van der Waals surface area contributed by atoms with Gasteiger partial charge >= 0.3 is 0 Å². The Morgan fingerprint density at radius 2 is 2.24 bits per heavy atom. The van der Waals surface area contributed by atoms with E-state index in [0.717, 1.165) is 12.1 Å². The number of halogens is 1. The molecule has 0 heterocycles. The maximum Gasteiger partial charge on any atom is 0.258 e. The molecule has 0 aliphatic heterocycles. The molecule has 21 heavy (non-hydrogen) atoms. The zero-order valence-corrected chi connectivity index (χ0v) is 12.8. The smallest absolute Gasteiger partial charge is 0.258 e. The number of benzene rings is 1. The van der Waals surface area contributed by atoms with E-state index in [1.165, 1.54) is 7.11 Å². The third-order valence-corrected chi connectivity index (χ3v) is 2.81. The maximum atomic E-state index is 11.5. The first-order chi connectivity index (χ1) is 10.1. The van der Waals surface area contributed by atoms with Gasteiger partial charge in [-0.3, -0.25) is 4.79 Å². The second kappa shape index (κ2) is 9.06. The molecule has 0 aliphatic carbocycles. The van der Waals surface area contributed by atoms with Crippen molar-refractivity contribution in [3.63, 3.8) is 0 Å². The number of hydrogen-bond acceptors (Lipinski definition) is 5. The highest BCUT2D eigenvalue weighted by Crippen LogP contribution is 2.34. The van der Waals surface area contributed by atoms with Crippen LogP contribution < -0.4 is 20.1 Å². The van der Waals surface area contributed by atoms with Crippen LogP contribution in [0.25, 0.3) is 0 Å². The third kappa shape index (κ3) is 5.50. The molecular formula is C14H18ClN3O3. The third-order valence-electron chi connectivity index (χ3n) is 2.59. The van der Waals surface area contributed by atoms with E-state index in [2.05, 4.69) is 10.6 Å². The van der Waals surface area contributed by atoms with Crippen LogP contribution in [0, 0.1) is 11.3 Å². The number of nitriles is 1. The lowest BCUT2D eigenvalue weighted by Crippen LogP contribution is -2.29. The minimum atomic E-state index is -0.372. The zero-order chi connectivity index (χ0) is 15.7. The van der Waals surface area contributed by atoms with Gasteiger partial charge in [0.25, 0.3) is 5.91 Å². The van der Waals surface area contributed by atoms with Gasteiger partial charge in [-0.25, -0.2) is 0 Å². The number of amides is 1. The number of rotatable bonds is 8. The lowest BCUT2D eigenvalue weighted by atomic mass is 10.2. The Bertz CT molecular complexity index is 529. The van der Waals surface area contributed by atoms with E-state index in [0.29, 0.717) is 23.1 Å². The first kappa shape index (κ1) is 17.1. The molecule has 0 spiro atoms. The van der Waals surface area contributed by atoms with Crippen LogP contribution in [0.3, 0.4) is 0 Å². The highest BCUT2D eigenvalue weighted by molar-refractivity contribution is 6.30. The van der Waals surface area contributed by atoms with E-state index in [1.807, 2.05) is 13.0 Å². The minimum Gasteiger partial charge on any atom is -0.493 e. The number of methoxy groups -OCH3 is 1. The fourth-order valence-electron chi connectivity index (χ4n) is 1.66. The first-order valence-electron chi connectivity index (χ1n) is 6.46. The van der Waals surface area contributed by atoms with Gasteiger partial charge in [0.15, 0.2) is 18.1 Å².